The maximum absolute atomic E-state index is 3.33. The van der Waals surface area contributed by atoms with Gasteiger partial charge in [0, 0.05) is 15.8 Å². The minimum absolute atomic E-state index is 0.467. The Morgan fingerprint density at radius 1 is 1.12 bits per heavy atom. The predicted molar refractivity (Wildman–Crippen MR) is 76.6 cm³/mol. The highest BCUT2D eigenvalue weighted by Gasteiger charge is 2.06. The molecular weight excluding hydrogens is 226 g/mol. The zero-order valence-corrected chi connectivity index (χ0v) is 11.5. The standard InChI is InChI=1S/C15H19NS/c1-4-14(16-3)12-6-8-13(9-7-12)15-10-5-11(2)17-15/h5-10,14,16H,4H2,1-3H3. The molecule has 0 amide bonds. The summed E-state index contributed by atoms with van der Waals surface area (Å²) in [6, 6.07) is 13.8. The summed E-state index contributed by atoms with van der Waals surface area (Å²) in [6.07, 6.45) is 1.12. The van der Waals surface area contributed by atoms with E-state index in [2.05, 4.69) is 55.6 Å². The molecule has 90 valence electrons. The molecule has 0 aliphatic carbocycles. The van der Waals surface area contributed by atoms with Crippen LogP contribution in [0.2, 0.25) is 0 Å². The van der Waals surface area contributed by atoms with E-state index in [0.29, 0.717) is 6.04 Å². The third-order valence-corrected chi connectivity index (χ3v) is 4.14. The molecule has 2 aromatic rings. The third-order valence-electron chi connectivity index (χ3n) is 3.09. The Kier molecular flexibility index (Phi) is 3.97. The molecular formula is C15H19NS. The molecule has 0 aliphatic rings. The van der Waals surface area contributed by atoms with Crippen LogP contribution in [0.3, 0.4) is 0 Å². The Labute approximate surface area is 108 Å². The summed E-state index contributed by atoms with van der Waals surface area (Å²) < 4.78 is 0. The summed E-state index contributed by atoms with van der Waals surface area (Å²) in [4.78, 5) is 2.72. The molecule has 0 bridgehead atoms. The molecule has 1 aromatic carbocycles. The molecule has 0 spiro atoms. The smallest absolute Gasteiger partial charge is 0.0345 e. The maximum atomic E-state index is 3.33. The van der Waals surface area contributed by atoms with Gasteiger partial charge in [0.25, 0.3) is 0 Å². The van der Waals surface area contributed by atoms with Gasteiger partial charge < -0.3 is 5.32 Å². The number of benzene rings is 1. The average molecular weight is 245 g/mol. The summed E-state index contributed by atoms with van der Waals surface area (Å²) >= 11 is 1.85. The molecule has 1 aromatic heterocycles. The maximum Gasteiger partial charge on any atom is 0.0345 e. The zero-order chi connectivity index (χ0) is 12.3. The van der Waals surface area contributed by atoms with E-state index in [0.717, 1.165) is 6.42 Å². The number of aryl methyl sites for hydroxylation is 1. The molecule has 0 saturated heterocycles. The highest BCUT2D eigenvalue weighted by atomic mass is 32.1. The Balaban J connectivity index is 2.23. The summed E-state index contributed by atoms with van der Waals surface area (Å²) in [5.41, 5.74) is 2.69. The Morgan fingerprint density at radius 2 is 1.82 bits per heavy atom. The van der Waals surface area contributed by atoms with Crippen molar-refractivity contribution in [3.63, 3.8) is 0 Å². The minimum atomic E-state index is 0.467. The summed E-state index contributed by atoms with van der Waals surface area (Å²) in [6.45, 7) is 4.36. The monoisotopic (exact) mass is 245 g/mol. The number of hydrogen-bond donors (Lipinski definition) is 1. The van der Waals surface area contributed by atoms with Crippen LogP contribution in [0, 0.1) is 6.92 Å². The first-order valence-corrected chi connectivity index (χ1v) is 6.90. The molecule has 17 heavy (non-hydrogen) atoms. The molecule has 1 nitrogen and oxygen atoms in total. The van der Waals surface area contributed by atoms with Gasteiger partial charge >= 0.3 is 0 Å². The van der Waals surface area contributed by atoms with E-state index in [4.69, 9.17) is 0 Å². The van der Waals surface area contributed by atoms with Gasteiger partial charge in [-0.2, -0.15) is 0 Å². The van der Waals surface area contributed by atoms with Gasteiger partial charge in [-0.15, -0.1) is 11.3 Å². The van der Waals surface area contributed by atoms with Gasteiger partial charge in [-0.05, 0) is 43.7 Å². The van der Waals surface area contributed by atoms with Crippen molar-refractivity contribution in [2.45, 2.75) is 26.3 Å². The van der Waals surface area contributed by atoms with Crippen LogP contribution >= 0.6 is 11.3 Å². The minimum Gasteiger partial charge on any atom is -0.313 e. The second-order valence-corrected chi connectivity index (χ2v) is 5.57. The fourth-order valence-electron chi connectivity index (χ4n) is 2.08. The van der Waals surface area contributed by atoms with E-state index in [-0.39, 0.29) is 0 Å². The largest absolute Gasteiger partial charge is 0.313 e. The summed E-state index contributed by atoms with van der Waals surface area (Å²) in [7, 11) is 2.02. The molecule has 2 rings (SSSR count). The lowest BCUT2D eigenvalue weighted by molar-refractivity contribution is 0.577. The SMILES string of the molecule is CCC(NC)c1ccc(-c2ccc(C)s2)cc1. The number of hydrogen-bond acceptors (Lipinski definition) is 2. The Bertz CT molecular complexity index is 466. The molecule has 0 aliphatic heterocycles. The highest BCUT2D eigenvalue weighted by Crippen LogP contribution is 2.28. The predicted octanol–water partition coefficient (Wildman–Crippen LogP) is 4.39. The van der Waals surface area contributed by atoms with Gasteiger partial charge in [-0.25, -0.2) is 0 Å². The van der Waals surface area contributed by atoms with Crippen molar-refractivity contribution < 1.29 is 0 Å². The van der Waals surface area contributed by atoms with Gasteiger partial charge in [-0.1, -0.05) is 31.2 Å². The fourth-order valence-corrected chi connectivity index (χ4v) is 2.95. The first kappa shape index (κ1) is 12.3. The van der Waals surface area contributed by atoms with Crippen molar-refractivity contribution in [2.24, 2.45) is 0 Å². The second-order valence-electron chi connectivity index (χ2n) is 4.28. The number of nitrogens with one attached hydrogen (secondary N) is 1. The molecule has 0 saturated carbocycles. The van der Waals surface area contributed by atoms with Crippen LogP contribution in [0.5, 0.6) is 0 Å². The van der Waals surface area contributed by atoms with Crippen LogP contribution in [0.25, 0.3) is 10.4 Å². The molecule has 1 N–H and O–H groups in total. The lowest BCUT2D eigenvalue weighted by Crippen LogP contribution is -2.14. The lowest BCUT2D eigenvalue weighted by Gasteiger charge is -2.14. The fraction of sp³-hybridized carbons (Fsp3) is 0.333. The van der Waals surface area contributed by atoms with E-state index < -0.39 is 0 Å². The zero-order valence-electron chi connectivity index (χ0n) is 10.7. The van der Waals surface area contributed by atoms with E-state index in [1.54, 1.807) is 0 Å². The third kappa shape index (κ3) is 2.76. The van der Waals surface area contributed by atoms with Crippen molar-refractivity contribution in [3.8, 4) is 10.4 Å². The Hall–Kier alpha value is -1.12. The second kappa shape index (κ2) is 5.48. The molecule has 2 heteroatoms. The average Bonchev–Trinajstić information content (AvgIpc) is 2.78. The topological polar surface area (TPSA) is 12.0 Å². The van der Waals surface area contributed by atoms with Crippen LogP contribution in [-0.2, 0) is 0 Å². The van der Waals surface area contributed by atoms with Crippen LogP contribution in [0.4, 0.5) is 0 Å². The van der Waals surface area contributed by atoms with Crippen LogP contribution in [0.1, 0.15) is 29.8 Å². The first-order valence-electron chi connectivity index (χ1n) is 6.08. The molecule has 1 unspecified atom stereocenters. The molecule has 0 fully saturated rings. The van der Waals surface area contributed by atoms with Crippen molar-refractivity contribution in [1.29, 1.82) is 0 Å². The van der Waals surface area contributed by atoms with Crippen LogP contribution < -0.4 is 5.32 Å². The summed E-state index contributed by atoms with van der Waals surface area (Å²) in [5, 5.41) is 3.33. The van der Waals surface area contributed by atoms with E-state index in [9.17, 15) is 0 Å². The van der Waals surface area contributed by atoms with Gasteiger partial charge in [0.1, 0.15) is 0 Å². The quantitative estimate of drug-likeness (QED) is 0.842. The molecule has 1 heterocycles. The lowest BCUT2D eigenvalue weighted by atomic mass is 10.0. The van der Waals surface area contributed by atoms with Crippen molar-refractivity contribution in [2.75, 3.05) is 7.05 Å². The normalized spacial score (nSPS) is 12.6. The first-order chi connectivity index (χ1) is 8.24. The summed E-state index contributed by atoms with van der Waals surface area (Å²) in [5.74, 6) is 0. The van der Waals surface area contributed by atoms with Gasteiger partial charge in [0.2, 0.25) is 0 Å². The number of thiophene rings is 1. The van der Waals surface area contributed by atoms with Crippen molar-refractivity contribution >= 4 is 11.3 Å². The van der Waals surface area contributed by atoms with E-state index >= 15 is 0 Å². The van der Waals surface area contributed by atoms with Crippen molar-refractivity contribution in [1.82, 2.24) is 5.32 Å². The molecule has 0 radical (unpaired) electrons. The highest BCUT2D eigenvalue weighted by molar-refractivity contribution is 7.15. The van der Waals surface area contributed by atoms with Gasteiger partial charge in [-0.3, -0.25) is 0 Å². The van der Waals surface area contributed by atoms with Crippen molar-refractivity contribution in [3.05, 3.63) is 46.8 Å². The van der Waals surface area contributed by atoms with E-state index in [1.807, 2.05) is 18.4 Å². The van der Waals surface area contributed by atoms with E-state index in [1.165, 1.54) is 20.9 Å². The number of rotatable bonds is 4. The van der Waals surface area contributed by atoms with Gasteiger partial charge in [0.15, 0.2) is 0 Å². The van der Waals surface area contributed by atoms with Crippen LogP contribution in [0.15, 0.2) is 36.4 Å². The van der Waals surface area contributed by atoms with Crippen LogP contribution in [-0.4, -0.2) is 7.05 Å². The van der Waals surface area contributed by atoms with Gasteiger partial charge in [0.05, 0.1) is 0 Å². The Morgan fingerprint density at radius 3 is 2.29 bits per heavy atom. The molecule has 1 atom stereocenters.